The van der Waals surface area contributed by atoms with E-state index >= 15 is 0 Å². The van der Waals surface area contributed by atoms with Gasteiger partial charge in [0.1, 0.15) is 5.82 Å². The lowest BCUT2D eigenvalue weighted by atomic mass is 9.77. The molecule has 1 aliphatic rings. The van der Waals surface area contributed by atoms with Gasteiger partial charge < -0.3 is 4.90 Å². The van der Waals surface area contributed by atoms with Crippen LogP contribution in [-0.2, 0) is 6.54 Å². The van der Waals surface area contributed by atoms with E-state index in [0.717, 1.165) is 29.9 Å². The summed E-state index contributed by atoms with van der Waals surface area (Å²) in [7, 11) is 0. The van der Waals surface area contributed by atoms with Crippen molar-refractivity contribution >= 4 is 17.6 Å². The maximum absolute atomic E-state index is 6.61. The molecule has 1 aliphatic carbocycles. The summed E-state index contributed by atoms with van der Waals surface area (Å²) in [6.07, 6.45) is 8.63. The number of hydrogen-bond donors (Lipinski definition) is 0. The van der Waals surface area contributed by atoms with Gasteiger partial charge in [-0.1, -0.05) is 49.8 Å². The molecule has 0 bridgehead atoms. The Kier molecular flexibility index (Phi) is 6.37. The number of benzene rings is 1. The van der Waals surface area contributed by atoms with Gasteiger partial charge >= 0.3 is 0 Å². The summed E-state index contributed by atoms with van der Waals surface area (Å²) in [6.45, 7) is 11.9. The number of aromatic nitrogens is 1. The number of anilines is 1. The normalized spacial score (nSPS) is 23.1. The monoisotopic (exact) mass is 384 g/mol. The lowest BCUT2D eigenvalue weighted by Gasteiger charge is -2.30. The van der Waals surface area contributed by atoms with Crippen LogP contribution in [0.15, 0.2) is 42.6 Å². The van der Waals surface area contributed by atoms with E-state index < -0.39 is 0 Å². The molecule has 3 heteroatoms. The van der Waals surface area contributed by atoms with Gasteiger partial charge in [-0.2, -0.15) is 0 Å². The van der Waals surface area contributed by atoms with Crippen LogP contribution in [0.1, 0.15) is 55.5 Å². The Morgan fingerprint density at radius 3 is 2.22 bits per heavy atom. The second-order valence-electron chi connectivity index (χ2n) is 8.71. The van der Waals surface area contributed by atoms with Gasteiger partial charge in [0.15, 0.2) is 0 Å². The minimum absolute atomic E-state index is 0.657. The summed E-state index contributed by atoms with van der Waals surface area (Å²) in [5.41, 5.74) is 4.88. The van der Waals surface area contributed by atoms with Crippen LogP contribution in [0.3, 0.4) is 0 Å². The fraction of sp³-hybridized carbons (Fsp3) is 0.500. The van der Waals surface area contributed by atoms with Crippen molar-refractivity contribution in [2.75, 3.05) is 4.90 Å². The van der Waals surface area contributed by atoms with Crippen molar-refractivity contribution in [2.45, 2.75) is 60.4 Å². The highest BCUT2D eigenvalue weighted by Crippen LogP contribution is 2.34. The maximum Gasteiger partial charge on any atom is 0.131 e. The fourth-order valence-corrected chi connectivity index (χ4v) is 4.86. The van der Waals surface area contributed by atoms with E-state index in [1.54, 1.807) is 4.09 Å². The van der Waals surface area contributed by atoms with Gasteiger partial charge in [0, 0.05) is 30.2 Å². The lowest BCUT2D eigenvalue weighted by molar-refractivity contribution is 0.252. The molecule has 0 aliphatic heterocycles. The first-order chi connectivity index (χ1) is 12.8. The summed E-state index contributed by atoms with van der Waals surface area (Å²) < 4.78 is 1.79. The molecule has 0 amide bonds. The average molecular weight is 385 g/mol. The Morgan fingerprint density at radius 1 is 1.04 bits per heavy atom. The summed E-state index contributed by atoms with van der Waals surface area (Å²) in [6, 6.07) is 10.9. The number of rotatable bonds is 5. The molecule has 0 saturated heterocycles. The van der Waals surface area contributed by atoms with Crippen molar-refractivity contribution in [1.29, 1.82) is 0 Å². The Bertz CT molecular complexity index is 777. The fourth-order valence-electron chi connectivity index (χ4n) is 4.58. The highest BCUT2D eigenvalue weighted by atomic mass is 35.5. The number of hydrogen-bond acceptors (Lipinski definition) is 1. The smallest absolute Gasteiger partial charge is 0.131 e. The SMILES string of the molecule is Cc1ccc(CN(/C=C/C2CC(C)CC(C)C2)c2c(C)cc(C)n2Cl)cc1. The van der Waals surface area contributed by atoms with Crippen molar-refractivity contribution < 1.29 is 0 Å². The first-order valence-electron chi connectivity index (χ1n) is 10.2. The van der Waals surface area contributed by atoms with Gasteiger partial charge in [0.2, 0.25) is 0 Å². The molecule has 2 aromatic rings. The molecular formula is C24H33ClN2. The molecular weight excluding hydrogens is 352 g/mol. The van der Waals surface area contributed by atoms with E-state index in [9.17, 15) is 0 Å². The van der Waals surface area contributed by atoms with Gasteiger partial charge in [0.25, 0.3) is 0 Å². The molecule has 3 rings (SSSR count). The van der Waals surface area contributed by atoms with Gasteiger partial charge in [-0.15, -0.1) is 0 Å². The van der Waals surface area contributed by atoms with Gasteiger partial charge in [-0.3, -0.25) is 0 Å². The highest BCUT2D eigenvalue weighted by molar-refractivity contribution is 6.17. The predicted octanol–water partition coefficient (Wildman–Crippen LogP) is 7.01. The van der Waals surface area contributed by atoms with Gasteiger partial charge in [0.05, 0.1) is 0 Å². The molecule has 0 spiro atoms. The quantitative estimate of drug-likeness (QED) is 0.538. The molecule has 1 saturated carbocycles. The van der Waals surface area contributed by atoms with Crippen LogP contribution in [0.5, 0.6) is 0 Å². The molecule has 2 atom stereocenters. The minimum Gasteiger partial charge on any atom is -0.329 e. The van der Waals surface area contributed by atoms with E-state index in [1.807, 2.05) is 0 Å². The molecule has 2 nitrogen and oxygen atoms in total. The third kappa shape index (κ3) is 4.99. The van der Waals surface area contributed by atoms with E-state index in [-0.39, 0.29) is 0 Å². The molecule has 27 heavy (non-hydrogen) atoms. The van der Waals surface area contributed by atoms with Gasteiger partial charge in [-0.05, 0) is 75.0 Å². The van der Waals surface area contributed by atoms with Crippen LogP contribution in [0, 0.1) is 38.5 Å². The minimum atomic E-state index is 0.657. The third-order valence-electron chi connectivity index (χ3n) is 5.77. The van der Waals surface area contributed by atoms with Crippen molar-refractivity contribution in [2.24, 2.45) is 17.8 Å². The Labute approximate surface area is 169 Å². The van der Waals surface area contributed by atoms with Crippen LogP contribution in [0.25, 0.3) is 0 Å². The van der Waals surface area contributed by atoms with Crippen LogP contribution in [0.4, 0.5) is 5.82 Å². The van der Waals surface area contributed by atoms with E-state index in [2.05, 4.69) is 82.1 Å². The van der Waals surface area contributed by atoms with E-state index in [0.29, 0.717) is 5.92 Å². The number of allylic oxidation sites excluding steroid dienone is 1. The number of aryl methyl sites for hydroxylation is 3. The Morgan fingerprint density at radius 2 is 1.67 bits per heavy atom. The summed E-state index contributed by atoms with van der Waals surface area (Å²) >= 11 is 6.61. The van der Waals surface area contributed by atoms with Gasteiger partial charge in [-0.25, -0.2) is 4.09 Å². The summed E-state index contributed by atoms with van der Waals surface area (Å²) in [5.74, 6) is 3.36. The molecule has 146 valence electrons. The van der Waals surface area contributed by atoms with Crippen LogP contribution < -0.4 is 4.90 Å². The molecule has 2 unspecified atom stereocenters. The topological polar surface area (TPSA) is 8.17 Å². The zero-order chi connectivity index (χ0) is 19.6. The first kappa shape index (κ1) is 20.1. The average Bonchev–Trinajstić information content (AvgIpc) is 2.85. The molecule has 1 fully saturated rings. The van der Waals surface area contributed by atoms with E-state index in [4.69, 9.17) is 11.8 Å². The zero-order valence-electron chi connectivity index (χ0n) is 17.4. The zero-order valence-corrected chi connectivity index (χ0v) is 18.1. The van der Waals surface area contributed by atoms with Crippen molar-refractivity contribution in [3.63, 3.8) is 0 Å². The second kappa shape index (κ2) is 8.56. The first-order valence-corrected chi connectivity index (χ1v) is 10.5. The lowest BCUT2D eigenvalue weighted by Crippen LogP contribution is -2.21. The van der Waals surface area contributed by atoms with E-state index in [1.165, 1.54) is 36.0 Å². The van der Waals surface area contributed by atoms with Crippen LogP contribution >= 0.6 is 11.8 Å². The predicted molar refractivity (Wildman–Crippen MR) is 117 cm³/mol. The molecule has 1 aromatic carbocycles. The molecule has 0 N–H and O–H groups in total. The molecule has 0 radical (unpaired) electrons. The Hall–Kier alpha value is -1.67. The maximum atomic E-state index is 6.61. The standard InChI is InChI=1S/C24H33ClN2/c1-17-6-8-22(9-7-17)16-26(24-20(4)15-21(5)27(24)25)11-10-23-13-18(2)12-19(3)14-23/h6-11,15,18-19,23H,12-14,16H2,1-5H3/b11-10+. The van der Waals surface area contributed by atoms with Crippen molar-refractivity contribution in [3.05, 3.63) is 65.0 Å². The third-order valence-corrected chi connectivity index (χ3v) is 6.20. The molecule has 1 aromatic heterocycles. The molecule has 1 heterocycles. The van der Waals surface area contributed by atoms with Crippen LogP contribution in [0.2, 0.25) is 0 Å². The second-order valence-corrected chi connectivity index (χ2v) is 9.04. The largest absolute Gasteiger partial charge is 0.329 e. The number of halogens is 1. The summed E-state index contributed by atoms with van der Waals surface area (Å²) in [4.78, 5) is 2.31. The Balaban J connectivity index is 1.87. The number of nitrogens with zero attached hydrogens (tertiary/aromatic N) is 2. The summed E-state index contributed by atoms with van der Waals surface area (Å²) in [5, 5.41) is 0. The highest BCUT2D eigenvalue weighted by Gasteiger charge is 2.23. The van der Waals surface area contributed by atoms with Crippen molar-refractivity contribution in [3.8, 4) is 0 Å². The van der Waals surface area contributed by atoms with Crippen LogP contribution in [-0.4, -0.2) is 4.09 Å². The van der Waals surface area contributed by atoms with Crippen molar-refractivity contribution in [1.82, 2.24) is 4.09 Å².